The van der Waals surface area contributed by atoms with Gasteiger partial charge in [-0.1, -0.05) is 11.6 Å². The summed E-state index contributed by atoms with van der Waals surface area (Å²) in [5.74, 6) is -0.247. The molecule has 2 aliphatic heterocycles. The smallest absolute Gasteiger partial charge is 0.322 e. The Morgan fingerprint density at radius 3 is 2.62 bits per heavy atom. The highest BCUT2D eigenvalue weighted by Gasteiger charge is 2.40. The fourth-order valence-electron chi connectivity index (χ4n) is 4.16. The van der Waals surface area contributed by atoms with E-state index in [1.54, 1.807) is 37.6 Å². The van der Waals surface area contributed by atoms with Gasteiger partial charge in [-0.3, -0.25) is 9.78 Å². The van der Waals surface area contributed by atoms with Crippen LogP contribution < -0.4 is 10.6 Å². The number of amides is 3. The highest BCUT2D eigenvalue weighted by Crippen LogP contribution is 2.24. The Labute approximate surface area is 192 Å². The molecule has 1 aromatic carbocycles. The number of nitrogens with zero attached hydrogens (tertiary/aromatic N) is 3. The lowest BCUT2D eigenvalue weighted by Gasteiger charge is -2.24. The average Bonchev–Trinajstić information content (AvgIpc) is 3.15. The minimum Gasteiger partial charge on any atom is -0.380 e. The molecule has 0 spiro atoms. The predicted octanol–water partition coefficient (Wildman–Crippen LogP) is 3.03. The molecule has 3 heterocycles. The molecule has 0 bridgehead atoms. The zero-order valence-electron chi connectivity index (χ0n) is 18.3. The molecule has 170 valence electrons. The summed E-state index contributed by atoms with van der Waals surface area (Å²) in [6.07, 6.45) is 3.72. The van der Waals surface area contributed by atoms with Gasteiger partial charge in [0.2, 0.25) is 5.91 Å². The van der Waals surface area contributed by atoms with Crippen LogP contribution >= 0.6 is 11.6 Å². The molecular formula is C23H28ClN5O3. The first-order chi connectivity index (χ1) is 15.4. The molecule has 3 amide bonds. The van der Waals surface area contributed by atoms with Crippen LogP contribution in [0.15, 0.2) is 36.5 Å². The Balaban J connectivity index is 1.46. The summed E-state index contributed by atoms with van der Waals surface area (Å²) in [4.78, 5) is 34.4. The van der Waals surface area contributed by atoms with Gasteiger partial charge in [-0.15, -0.1) is 0 Å². The number of methoxy groups -OCH3 is 1. The van der Waals surface area contributed by atoms with Gasteiger partial charge in [0.05, 0.1) is 18.0 Å². The second kappa shape index (κ2) is 9.85. The minimum atomic E-state index is -0.641. The summed E-state index contributed by atoms with van der Waals surface area (Å²) < 4.78 is 5.45. The molecule has 4 rings (SSSR count). The fourth-order valence-corrected chi connectivity index (χ4v) is 4.29. The first-order valence-electron chi connectivity index (χ1n) is 10.8. The number of halogens is 1. The lowest BCUT2D eigenvalue weighted by molar-refractivity contribution is -0.119. The van der Waals surface area contributed by atoms with Crippen molar-refractivity contribution < 1.29 is 14.3 Å². The van der Waals surface area contributed by atoms with Crippen LogP contribution in [0.2, 0.25) is 5.02 Å². The van der Waals surface area contributed by atoms with Crippen LogP contribution in [-0.4, -0.2) is 72.7 Å². The molecule has 32 heavy (non-hydrogen) atoms. The third kappa shape index (κ3) is 5.20. The standard InChI is InChI=1S/C23H28ClN5O3/c1-28-9-7-15-11-18(13-25-20(15)8-10-28)26-22(30)21-12-19(32-2)14-29(21)23(31)27-17-5-3-16(24)4-6-17/h3-6,11,13,19,21H,7-10,12,14H2,1-2H3,(H,26,30)(H,27,31)/t19-,21-/m1/s1. The van der Waals surface area contributed by atoms with E-state index in [1.807, 2.05) is 6.07 Å². The first kappa shape index (κ1) is 22.5. The first-order valence-corrected chi connectivity index (χ1v) is 11.1. The Morgan fingerprint density at radius 2 is 1.88 bits per heavy atom. The predicted molar refractivity (Wildman–Crippen MR) is 124 cm³/mol. The van der Waals surface area contributed by atoms with E-state index in [2.05, 4.69) is 27.6 Å². The third-order valence-corrected chi connectivity index (χ3v) is 6.33. The number of anilines is 2. The van der Waals surface area contributed by atoms with Crippen LogP contribution in [0.3, 0.4) is 0 Å². The van der Waals surface area contributed by atoms with E-state index in [9.17, 15) is 9.59 Å². The van der Waals surface area contributed by atoms with E-state index in [1.165, 1.54) is 4.90 Å². The van der Waals surface area contributed by atoms with Gasteiger partial charge in [0.1, 0.15) is 6.04 Å². The van der Waals surface area contributed by atoms with Crippen LogP contribution in [-0.2, 0) is 22.4 Å². The molecule has 0 aliphatic carbocycles. The third-order valence-electron chi connectivity index (χ3n) is 6.08. The topological polar surface area (TPSA) is 86.8 Å². The van der Waals surface area contributed by atoms with Crippen molar-refractivity contribution in [3.63, 3.8) is 0 Å². The number of ether oxygens (including phenoxy) is 1. The molecule has 0 radical (unpaired) electrons. The van der Waals surface area contributed by atoms with E-state index in [4.69, 9.17) is 16.3 Å². The highest BCUT2D eigenvalue weighted by atomic mass is 35.5. The largest absolute Gasteiger partial charge is 0.380 e. The van der Waals surface area contributed by atoms with Gasteiger partial charge in [0.25, 0.3) is 0 Å². The number of likely N-dealkylation sites (N-methyl/N-ethyl adjacent to an activating group) is 1. The molecular weight excluding hydrogens is 430 g/mol. The van der Waals surface area contributed by atoms with Crippen molar-refractivity contribution in [1.29, 1.82) is 0 Å². The van der Waals surface area contributed by atoms with Crippen LogP contribution in [0.25, 0.3) is 0 Å². The van der Waals surface area contributed by atoms with Gasteiger partial charge in [0, 0.05) is 56.0 Å². The number of rotatable bonds is 4. The van der Waals surface area contributed by atoms with E-state index in [-0.39, 0.29) is 18.0 Å². The molecule has 1 aromatic heterocycles. The molecule has 8 nitrogen and oxygen atoms in total. The zero-order valence-corrected chi connectivity index (χ0v) is 19.1. The van der Waals surface area contributed by atoms with E-state index < -0.39 is 6.04 Å². The minimum absolute atomic E-state index is 0.206. The number of aromatic nitrogens is 1. The monoisotopic (exact) mass is 457 g/mol. The Bertz CT molecular complexity index is 984. The maximum absolute atomic E-state index is 13.1. The van der Waals surface area contributed by atoms with Crippen LogP contribution in [0.1, 0.15) is 17.7 Å². The Hall–Kier alpha value is -2.68. The number of hydrogen-bond acceptors (Lipinski definition) is 5. The molecule has 2 atom stereocenters. The summed E-state index contributed by atoms with van der Waals surface area (Å²) in [5, 5.41) is 6.37. The summed E-state index contributed by atoms with van der Waals surface area (Å²) in [5.41, 5.74) is 3.50. The number of hydrogen-bond donors (Lipinski definition) is 2. The van der Waals surface area contributed by atoms with Crippen molar-refractivity contribution >= 4 is 34.9 Å². The summed E-state index contributed by atoms with van der Waals surface area (Å²) >= 11 is 5.92. The molecule has 1 saturated heterocycles. The maximum atomic E-state index is 13.1. The van der Waals surface area contributed by atoms with Crippen molar-refractivity contribution in [2.75, 3.05) is 44.4 Å². The van der Waals surface area contributed by atoms with E-state index >= 15 is 0 Å². The number of nitrogens with one attached hydrogen (secondary N) is 2. The quantitative estimate of drug-likeness (QED) is 0.737. The zero-order chi connectivity index (χ0) is 22.7. The number of pyridine rings is 1. The lowest BCUT2D eigenvalue weighted by atomic mass is 10.1. The Morgan fingerprint density at radius 1 is 1.12 bits per heavy atom. The molecule has 2 N–H and O–H groups in total. The van der Waals surface area contributed by atoms with Gasteiger partial charge in [-0.25, -0.2) is 4.79 Å². The molecule has 9 heteroatoms. The van der Waals surface area contributed by atoms with Crippen LogP contribution in [0.4, 0.5) is 16.2 Å². The number of urea groups is 1. The van der Waals surface area contributed by atoms with E-state index in [0.29, 0.717) is 29.4 Å². The molecule has 1 fully saturated rings. The van der Waals surface area contributed by atoms with Crippen LogP contribution in [0, 0.1) is 0 Å². The number of carbonyl (C=O) groups is 2. The second-order valence-electron chi connectivity index (χ2n) is 8.32. The van der Waals surface area contributed by atoms with Gasteiger partial charge >= 0.3 is 6.03 Å². The van der Waals surface area contributed by atoms with Gasteiger partial charge in [-0.05, 0) is 49.4 Å². The van der Waals surface area contributed by atoms with Gasteiger partial charge < -0.3 is 25.2 Å². The molecule has 2 aliphatic rings. The SMILES string of the molecule is CO[C@@H]1C[C@H](C(=O)Nc2cnc3c(c2)CCN(C)CC3)N(C(=O)Nc2ccc(Cl)cc2)C1. The molecule has 0 saturated carbocycles. The number of benzene rings is 1. The summed E-state index contributed by atoms with van der Waals surface area (Å²) in [6, 6.07) is 7.85. The average molecular weight is 458 g/mol. The van der Waals surface area contributed by atoms with Crippen molar-refractivity contribution in [2.24, 2.45) is 0 Å². The summed E-state index contributed by atoms with van der Waals surface area (Å²) in [6.45, 7) is 2.27. The molecule has 2 aromatic rings. The fraction of sp³-hybridized carbons (Fsp3) is 0.435. The molecule has 0 unspecified atom stereocenters. The number of carbonyl (C=O) groups excluding carboxylic acids is 2. The Kier molecular flexibility index (Phi) is 6.93. The summed E-state index contributed by atoms with van der Waals surface area (Å²) in [7, 11) is 3.69. The lowest BCUT2D eigenvalue weighted by Crippen LogP contribution is -2.45. The highest BCUT2D eigenvalue weighted by molar-refractivity contribution is 6.30. The number of fused-ring (bicyclic) bond motifs is 1. The van der Waals surface area contributed by atoms with Gasteiger partial charge in [0.15, 0.2) is 0 Å². The normalized spacial score (nSPS) is 21.0. The maximum Gasteiger partial charge on any atom is 0.322 e. The van der Waals surface area contributed by atoms with Crippen molar-refractivity contribution in [3.8, 4) is 0 Å². The van der Waals surface area contributed by atoms with Gasteiger partial charge in [-0.2, -0.15) is 0 Å². The van der Waals surface area contributed by atoms with E-state index in [0.717, 1.165) is 37.2 Å². The number of likely N-dealkylation sites (tertiary alicyclic amines) is 1. The van der Waals surface area contributed by atoms with Crippen LogP contribution in [0.5, 0.6) is 0 Å². The van der Waals surface area contributed by atoms with Crippen molar-refractivity contribution in [2.45, 2.75) is 31.4 Å². The van der Waals surface area contributed by atoms with Crippen molar-refractivity contribution in [1.82, 2.24) is 14.8 Å². The second-order valence-corrected chi connectivity index (χ2v) is 8.76. The van der Waals surface area contributed by atoms with Crippen molar-refractivity contribution in [3.05, 3.63) is 52.8 Å².